The van der Waals surface area contributed by atoms with E-state index in [4.69, 9.17) is 21.7 Å². The number of aromatic nitrogens is 3. The average Bonchev–Trinajstić information content (AvgIpc) is 3.36. The highest BCUT2D eigenvalue weighted by atomic mass is 35.5. The van der Waals surface area contributed by atoms with E-state index in [-0.39, 0.29) is 24.1 Å². The lowest BCUT2D eigenvalue weighted by Gasteiger charge is -2.34. The molecule has 0 radical (unpaired) electrons. The molecule has 6 N–H and O–H groups in total. The first-order chi connectivity index (χ1) is 18.8. The van der Waals surface area contributed by atoms with Gasteiger partial charge in [0, 0.05) is 42.6 Å². The SMILES string of the molecule is Cc1cc(N2CCC(NC(=O)CO)CC2)cc2[nH]c(-c3c(NCC(O)c4cccc(Cl)c4)cc[nH]c3=O)nc12. The number of amides is 1. The number of H-pyrrole nitrogens is 2. The largest absolute Gasteiger partial charge is 0.387 e. The number of pyridine rings is 1. The standard InChI is InChI=1S/C28H31ClN6O4/c1-16-11-20(35-9-6-19(7-10-35)32-24(38)15-36)13-22-26(16)34-27(33-22)25-21(5-8-30-28(25)39)31-14-23(37)17-3-2-4-18(29)12-17/h2-5,8,11-13,19,23,36-37H,6-7,9-10,14-15H2,1H3,(H,32,38)(H,33,34)(H2,30,31,39). The molecule has 0 bridgehead atoms. The second-order valence-corrected chi connectivity index (χ2v) is 10.2. The van der Waals surface area contributed by atoms with E-state index in [9.17, 15) is 14.7 Å². The predicted molar refractivity (Wildman–Crippen MR) is 152 cm³/mol. The molecule has 1 amide bonds. The molecular weight excluding hydrogens is 520 g/mol. The van der Waals surface area contributed by atoms with E-state index in [0.717, 1.165) is 48.2 Å². The number of fused-ring (bicyclic) bond motifs is 1. The molecule has 0 spiro atoms. The third-order valence-electron chi connectivity index (χ3n) is 7.05. The second-order valence-electron chi connectivity index (χ2n) is 9.78. The van der Waals surface area contributed by atoms with Crippen molar-refractivity contribution in [3.05, 3.63) is 75.2 Å². The van der Waals surface area contributed by atoms with Crippen LogP contribution in [0.1, 0.15) is 30.1 Å². The maximum atomic E-state index is 12.9. The van der Waals surface area contributed by atoms with Gasteiger partial charge in [-0.05, 0) is 61.2 Å². The first kappa shape index (κ1) is 26.7. The lowest BCUT2D eigenvalue weighted by Crippen LogP contribution is -2.45. The summed E-state index contributed by atoms with van der Waals surface area (Å²) in [5.74, 6) is 0.0803. The summed E-state index contributed by atoms with van der Waals surface area (Å²) >= 11 is 6.06. The van der Waals surface area contributed by atoms with Gasteiger partial charge in [0.2, 0.25) is 5.91 Å². The molecule has 1 saturated heterocycles. The molecular formula is C28H31ClN6O4. The van der Waals surface area contributed by atoms with Crippen LogP contribution in [-0.4, -0.2) is 63.4 Å². The first-order valence-electron chi connectivity index (χ1n) is 12.9. The molecule has 10 nitrogen and oxygen atoms in total. The topological polar surface area (TPSA) is 146 Å². The fourth-order valence-electron chi connectivity index (χ4n) is 5.03. The van der Waals surface area contributed by atoms with Gasteiger partial charge in [0.05, 0.1) is 22.8 Å². The van der Waals surface area contributed by atoms with E-state index in [1.807, 2.05) is 13.0 Å². The zero-order valence-electron chi connectivity index (χ0n) is 21.5. The van der Waals surface area contributed by atoms with E-state index >= 15 is 0 Å². The lowest BCUT2D eigenvalue weighted by molar-refractivity contribution is -0.124. The maximum absolute atomic E-state index is 12.9. The van der Waals surface area contributed by atoms with Gasteiger partial charge in [-0.15, -0.1) is 0 Å². The number of imidazole rings is 1. The van der Waals surface area contributed by atoms with E-state index < -0.39 is 12.7 Å². The minimum Gasteiger partial charge on any atom is -0.387 e. The molecule has 0 aliphatic carbocycles. The van der Waals surface area contributed by atoms with E-state index in [1.54, 1.807) is 36.5 Å². The fraction of sp³-hybridized carbons (Fsp3) is 0.321. The Bertz CT molecular complexity index is 1540. The number of hydrogen-bond donors (Lipinski definition) is 6. The predicted octanol–water partition coefficient (Wildman–Crippen LogP) is 3.10. The van der Waals surface area contributed by atoms with Crippen LogP contribution in [0, 0.1) is 6.92 Å². The summed E-state index contributed by atoms with van der Waals surface area (Å²) < 4.78 is 0. The number of hydrogen-bond acceptors (Lipinski definition) is 7. The number of aromatic amines is 2. The average molecular weight is 551 g/mol. The fourth-order valence-corrected chi connectivity index (χ4v) is 5.23. The van der Waals surface area contributed by atoms with Gasteiger partial charge in [-0.2, -0.15) is 0 Å². The molecule has 204 valence electrons. The monoisotopic (exact) mass is 550 g/mol. The summed E-state index contributed by atoms with van der Waals surface area (Å²) in [5.41, 5.74) is 4.85. The molecule has 1 atom stereocenters. The van der Waals surface area contributed by atoms with Crippen LogP contribution in [0.25, 0.3) is 22.4 Å². The summed E-state index contributed by atoms with van der Waals surface area (Å²) in [5, 5.41) is 26.2. The van der Waals surface area contributed by atoms with Crippen LogP contribution in [0.5, 0.6) is 0 Å². The number of halogens is 1. The molecule has 39 heavy (non-hydrogen) atoms. The molecule has 1 aliphatic rings. The molecule has 1 fully saturated rings. The molecule has 0 saturated carbocycles. The second kappa shape index (κ2) is 11.5. The van der Waals surface area contributed by atoms with Gasteiger partial charge in [-0.3, -0.25) is 9.59 Å². The summed E-state index contributed by atoms with van der Waals surface area (Å²) in [6.45, 7) is 3.20. The maximum Gasteiger partial charge on any atom is 0.261 e. The Labute approximate surface area is 230 Å². The van der Waals surface area contributed by atoms with Crippen LogP contribution < -0.4 is 21.1 Å². The van der Waals surface area contributed by atoms with Gasteiger partial charge in [-0.25, -0.2) is 4.98 Å². The molecule has 1 unspecified atom stereocenters. The lowest BCUT2D eigenvalue weighted by atomic mass is 10.0. The van der Waals surface area contributed by atoms with Gasteiger partial charge in [0.15, 0.2) is 0 Å². The summed E-state index contributed by atoms with van der Waals surface area (Å²) in [6.07, 6.45) is 2.30. The first-order valence-corrected chi connectivity index (χ1v) is 13.2. The number of aliphatic hydroxyl groups is 2. The molecule has 4 aromatic rings. The Kier molecular flexibility index (Phi) is 7.87. The van der Waals surface area contributed by atoms with Crippen LogP contribution in [-0.2, 0) is 4.79 Å². The van der Waals surface area contributed by atoms with Crippen molar-refractivity contribution in [3.8, 4) is 11.4 Å². The van der Waals surface area contributed by atoms with Gasteiger partial charge in [-0.1, -0.05) is 23.7 Å². The minimum atomic E-state index is -0.822. The zero-order valence-corrected chi connectivity index (χ0v) is 22.3. The number of anilines is 2. The van der Waals surface area contributed by atoms with Crippen molar-refractivity contribution in [2.45, 2.75) is 31.9 Å². The molecule has 11 heteroatoms. The number of carbonyl (C=O) groups is 1. The molecule has 1 aliphatic heterocycles. The van der Waals surface area contributed by atoms with Gasteiger partial charge < -0.3 is 35.7 Å². The third-order valence-corrected chi connectivity index (χ3v) is 7.28. The van der Waals surface area contributed by atoms with E-state index in [0.29, 0.717) is 27.7 Å². The highest BCUT2D eigenvalue weighted by Gasteiger charge is 2.22. The van der Waals surface area contributed by atoms with Crippen molar-refractivity contribution in [3.63, 3.8) is 0 Å². The smallest absolute Gasteiger partial charge is 0.261 e. The zero-order chi connectivity index (χ0) is 27.5. The Hall–Kier alpha value is -3.86. The number of carbonyl (C=O) groups excluding carboxylic acids is 1. The van der Waals surface area contributed by atoms with E-state index in [2.05, 4.69) is 31.6 Å². The number of benzene rings is 2. The summed E-state index contributed by atoms with van der Waals surface area (Å²) in [4.78, 5) is 37.5. The normalized spacial score (nSPS) is 14.9. The number of nitrogens with zero attached hydrogens (tertiary/aromatic N) is 2. The number of aliphatic hydroxyl groups excluding tert-OH is 2. The summed E-state index contributed by atoms with van der Waals surface area (Å²) in [7, 11) is 0. The van der Waals surface area contributed by atoms with Crippen LogP contribution in [0.2, 0.25) is 5.02 Å². The Morgan fingerprint density at radius 3 is 2.77 bits per heavy atom. The third kappa shape index (κ3) is 5.93. The minimum absolute atomic E-state index is 0.0533. The van der Waals surface area contributed by atoms with Crippen molar-refractivity contribution in [2.75, 3.05) is 36.5 Å². The molecule has 5 rings (SSSR count). The van der Waals surface area contributed by atoms with Crippen molar-refractivity contribution in [2.24, 2.45) is 0 Å². The summed E-state index contributed by atoms with van der Waals surface area (Å²) in [6, 6.07) is 12.9. The van der Waals surface area contributed by atoms with Crippen molar-refractivity contribution in [1.82, 2.24) is 20.3 Å². The van der Waals surface area contributed by atoms with Crippen LogP contribution in [0.3, 0.4) is 0 Å². The van der Waals surface area contributed by atoms with Crippen LogP contribution in [0.4, 0.5) is 11.4 Å². The highest BCUT2D eigenvalue weighted by Crippen LogP contribution is 2.30. The molecule has 2 aromatic carbocycles. The molecule has 2 aromatic heterocycles. The number of rotatable bonds is 8. The van der Waals surface area contributed by atoms with Gasteiger partial charge >= 0.3 is 0 Å². The van der Waals surface area contributed by atoms with Gasteiger partial charge in [0.25, 0.3) is 5.56 Å². The number of nitrogens with one attached hydrogen (secondary N) is 4. The van der Waals surface area contributed by atoms with Crippen molar-refractivity contribution in [1.29, 1.82) is 0 Å². The van der Waals surface area contributed by atoms with E-state index in [1.165, 1.54) is 0 Å². The molecule has 3 heterocycles. The van der Waals surface area contributed by atoms with Crippen molar-refractivity contribution >= 4 is 39.9 Å². The van der Waals surface area contributed by atoms with Gasteiger partial charge in [0.1, 0.15) is 18.0 Å². The van der Waals surface area contributed by atoms with Crippen LogP contribution >= 0.6 is 11.6 Å². The number of piperidine rings is 1. The Morgan fingerprint density at radius 2 is 2.03 bits per heavy atom. The quantitative estimate of drug-likeness (QED) is 0.198. The van der Waals surface area contributed by atoms with Crippen molar-refractivity contribution < 1.29 is 15.0 Å². The Balaban J connectivity index is 1.37. The highest BCUT2D eigenvalue weighted by molar-refractivity contribution is 6.30. The Morgan fingerprint density at radius 1 is 1.23 bits per heavy atom. The van der Waals surface area contributed by atoms with Crippen LogP contribution in [0.15, 0.2) is 53.5 Å². The number of aryl methyl sites for hydroxylation is 1.